The van der Waals surface area contributed by atoms with E-state index in [1.807, 2.05) is 0 Å². The number of hydrogen-bond acceptors (Lipinski definition) is 4. The number of nitrogens with one attached hydrogen (secondary N) is 1. The molecule has 0 spiro atoms. The number of aromatic nitrogens is 1. The van der Waals surface area contributed by atoms with Crippen molar-refractivity contribution in [1.82, 2.24) is 10.3 Å². The van der Waals surface area contributed by atoms with Gasteiger partial charge in [-0.1, -0.05) is 13.8 Å². The molecule has 1 heterocycles. The molecule has 0 unspecified atom stereocenters. The molecule has 1 aromatic heterocycles. The van der Waals surface area contributed by atoms with Gasteiger partial charge in [0.1, 0.15) is 5.69 Å². The molecule has 0 aliphatic rings. The van der Waals surface area contributed by atoms with Gasteiger partial charge in [0.2, 0.25) is 0 Å². The number of aliphatic carboxylic acids is 1. The molecule has 9 heteroatoms. The van der Waals surface area contributed by atoms with E-state index >= 15 is 0 Å². The van der Waals surface area contributed by atoms with Crippen molar-refractivity contribution >= 4 is 23.2 Å². The van der Waals surface area contributed by atoms with E-state index in [0.717, 1.165) is 5.38 Å². The van der Waals surface area contributed by atoms with Crippen molar-refractivity contribution in [3.05, 3.63) is 16.1 Å². The summed E-state index contributed by atoms with van der Waals surface area (Å²) in [6, 6.07) is 0. The summed E-state index contributed by atoms with van der Waals surface area (Å²) in [6.45, 7) is 3.19. The van der Waals surface area contributed by atoms with E-state index in [1.165, 1.54) is 0 Å². The maximum absolute atomic E-state index is 12.4. The van der Waals surface area contributed by atoms with Crippen molar-refractivity contribution in [2.24, 2.45) is 5.41 Å². The second kappa shape index (κ2) is 6.42. The van der Waals surface area contributed by atoms with Crippen molar-refractivity contribution in [2.45, 2.75) is 32.9 Å². The van der Waals surface area contributed by atoms with Crippen LogP contribution in [-0.2, 0) is 11.0 Å². The third-order valence-corrected chi connectivity index (χ3v) is 4.26. The summed E-state index contributed by atoms with van der Waals surface area (Å²) in [5.41, 5.74) is -1.49. The highest BCUT2D eigenvalue weighted by molar-refractivity contribution is 7.09. The van der Waals surface area contributed by atoms with E-state index in [1.54, 1.807) is 13.8 Å². The van der Waals surface area contributed by atoms with Crippen molar-refractivity contribution in [2.75, 3.05) is 6.54 Å². The van der Waals surface area contributed by atoms with Crippen LogP contribution in [0.2, 0.25) is 0 Å². The van der Waals surface area contributed by atoms with Crippen LogP contribution >= 0.6 is 11.3 Å². The largest absolute Gasteiger partial charge is 0.481 e. The van der Waals surface area contributed by atoms with Gasteiger partial charge in [0.05, 0.1) is 5.41 Å². The van der Waals surface area contributed by atoms with Crippen LogP contribution < -0.4 is 5.32 Å². The van der Waals surface area contributed by atoms with Gasteiger partial charge in [-0.3, -0.25) is 9.59 Å². The van der Waals surface area contributed by atoms with E-state index in [0.29, 0.717) is 24.2 Å². The van der Waals surface area contributed by atoms with Gasteiger partial charge in [-0.05, 0) is 12.8 Å². The third-order valence-electron chi connectivity index (χ3n) is 3.37. The summed E-state index contributed by atoms with van der Waals surface area (Å²) in [7, 11) is 0. The molecule has 0 atom stereocenters. The van der Waals surface area contributed by atoms with Gasteiger partial charge in [0, 0.05) is 11.9 Å². The molecule has 1 rings (SSSR count). The molecule has 0 radical (unpaired) electrons. The first-order valence-electron chi connectivity index (χ1n) is 6.20. The highest BCUT2D eigenvalue weighted by Gasteiger charge is 2.37. The minimum absolute atomic E-state index is 0.160. The van der Waals surface area contributed by atoms with Gasteiger partial charge in [0.15, 0.2) is 5.01 Å². The zero-order valence-electron chi connectivity index (χ0n) is 11.5. The van der Waals surface area contributed by atoms with Gasteiger partial charge in [-0.2, -0.15) is 13.2 Å². The fourth-order valence-electron chi connectivity index (χ4n) is 1.73. The summed E-state index contributed by atoms with van der Waals surface area (Å²) >= 11 is 0.323. The number of carbonyl (C=O) groups is 2. The number of rotatable bonds is 6. The van der Waals surface area contributed by atoms with Gasteiger partial charge >= 0.3 is 12.1 Å². The number of hydrogen-bond donors (Lipinski definition) is 2. The molecule has 0 fully saturated rings. The Morgan fingerprint density at radius 3 is 2.29 bits per heavy atom. The Labute approximate surface area is 123 Å². The third kappa shape index (κ3) is 3.93. The lowest BCUT2D eigenvalue weighted by Crippen LogP contribution is -2.42. The Hall–Kier alpha value is -1.64. The number of halogens is 3. The number of carbonyl (C=O) groups excluding carboxylic acids is 1. The fourth-order valence-corrected chi connectivity index (χ4v) is 2.39. The number of carboxylic acid groups (broad SMARTS) is 1. The Kier molecular flexibility index (Phi) is 5.32. The van der Waals surface area contributed by atoms with Gasteiger partial charge in [0.25, 0.3) is 5.91 Å². The molecule has 1 amide bonds. The van der Waals surface area contributed by atoms with Crippen LogP contribution in [0.25, 0.3) is 0 Å². The predicted molar refractivity (Wildman–Crippen MR) is 70.1 cm³/mol. The molecule has 0 bridgehead atoms. The second-order valence-electron chi connectivity index (χ2n) is 4.51. The average molecular weight is 324 g/mol. The lowest BCUT2D eigenvalue weighted by atomic mass is 9.82. The quantitative estimate of drug-likeness (QED) is 0.843. The Morgan fingerprint density at radius 1 is 1.33 bits per heavy atom. The van der Waals surface area contributed by atoms with Crippen molar-refractivity contribution in [1.29, 1.82) is 0 Å². The van der Waals surface area contributed by atoms with Crippen LogP contribution in [-0.4, -0.2) is 28.5 Å². The summed E-state index contributed by atoms with van der Waals surface area (Å²) in [4.78, 5) is 26.2. The lowest BCUT2D eigenvalue weighted by Gasteiger charge is -2.26. The number of amides is 1. The highest BCUT2D eigenvalue weighted by atomic mass is 32.1. The standard InChI is InChI=1S/C12H15F3N2O3S/c1-3-11(4-2,10(19)20)6-16-8(18)7-5-21-9(17-7)12(13,14)15/h5H,3-4,6H2,1-2H3,(H,16,18)(H,19,20). The number of thiazole rings is 1. The molecule has 5 nitrogen and oxygen atoms in total. The first-order chi connectivity index (χ1) is 9.66. The maximum atomic E-state index is 12.4. The van der Waals surface area contributed by atoms with Gasteiger partial charge in [-0.25, -0.2) is 4.98 Å². The summed E-state index contributed by atoms with van der Waals surface area (Å²) in [5, 5.41) is 11.4. The van der Waals surface area contributed by atoms with E-state index < -0.39 is 28.5 Å². The number of nitrogens with zero attached hydrogens (tertiary/aromatic N) is 1. The zero-order valence-corrected chi connectivity index (χ0v) is 12.3. The molecule has 0 saturated carbocycles. The molecule has 21 heavy (non-hydrogen) atoms. The van der Waals surface area contributed by atoms with Crippen LogP contribution in [0.5, 0.6) is 0 Å². The molecule has 0 saturated heterocycles. The van der Waals surface area contributed by atoms with Crippen LogP contribution in [0.4, 0.5) is 13.2 Å². The Morgan fingerprint density at radius 2 is 1.90 bits per heavy atom. The van der Waals surface area contributed by atoms with E-state index in [-0.39, 0.29) is 12.2 Å². The van der Waals surface area contributed by atoms with Crippen molar-refractivity contribution < 1.29 is 27.9 Å². The van der Waals surface area contributed by atoms with Crippen LogP contribution in [0.15, 0.2) is 5.38 Å². The van der Waals surface area contributed by atoms with Gasteiger partial charge < -0.3 is 10.4 Å². The molecule has 118 valence electrons. The van der Waals surface area contributed by atoms with E-state index in [4.69, 9.17) is 0 Å². The van der Waals surface area contributed by atoms with E-state index in [9.17, 15) is 27.9 Å². The van der Waals surface area contributed by atoms with Crippen LogP contribution in [0.1, 0.15) is 42.2 Å². The second-order valence-corrected chi connectivity index (χ2v) is 5.37. The van der Waals surface area contributed by atoms with E-state index in [2.05, 4.69) is 10.3 Å². The van der Waals surface area contributed by atoms with Crippen molar-refractivity contribution in [3.8, 4) is 0 Å². The molecule has 0 aliphatic heterocycles. The molecule has 2 N–H and O–H groups in total. The van der Waals surface area contributed by atoms with Crippen molar-refractivity contribution in [3.63, 3.8) is 0 Å². The molecule has 0 aromatic carbocycles. The monoisotopic (exact) mass is 324 g/mol. The number of carboxylic acids is 1. The number of alkyl halides is 3. The minimum Gasteiger partial charge on any atom is -0.481 e. The molecular weight excluding hydrogens is 309 g/mol. The Bertz CT molecular complexity index is 524. The first-order valence-corrected chi connectivity index (χ1v) is 7.08. The van der Waals surface area contributed by atoms with Crippen LogP contribution in [0.3, 0.4) is 0 Å². The Balaban J connectivity index is 2.78. The predicted octanol–water partition coefficient (Wildman–Crippen LogP) is 2.78. The maximum Gasteiger partial charge on any atom is 0.443 e. The normalized spacial score (nSPS) is 12.2. The molecular formula is C12H15F3N2O3S. The highest BCUT2D eigenvalue weighted by Crippen LogP contribution is 2.31. The van der Waals surface area contributed by atoms with Crippen LogP contribution in [0, 0.1) is 5.41 Å². The minimum atomic E-state index is -4.60. The SMILES string of the molecule is CCC(CC)(CNC(=O)c1csc(C(F)(F)F)n1)C(=O)O. The van der Waals surface area contributed by atoms with Gasteiger partial charge in [-0.15, -0.1) is 11.3 Å². The summed E-state index contributed by atoms with van der Waals surface area (Å²) < 4.78 is 37.2. The smallest absolute Gasteiger partial charge is 0.443 e. The topological polar surface area (TPSA) is 79.3 Å². The zero-order chi connectivity index (χ0) is 16.3. The lowest BCUT2D eigenvalue weighted by molar-refractivity contribution is -0.149. The summed E-state index contributed by atoms with van der Waals surface area (Å²) in [6.07, 6.45) is -4.01. The summed E-state index contributed by atoms with van der Waals surface area (Å²) in [5.74, 6) is -1.86. The first kappa shape index (κ1) is 17.4. The fraction of sp³-hybridized carbons (Fsp3) is 0.583. The average Bonchev–Trinajstić information content (AvgIpc) is 2.89. The molecule has 0 aliphatic carbocycles. The molecule has 1 aromatic rings.